The van der Waals surface area contributed by atoms with Gasteiger partial charge in [0.2, 0.25) is 10.0 Å². The molecule has 5 nitrogen and oxygen atoms in total. The van der Waals surface area contributed by atoms with E-state index in [1.165, 1.54) is 12.3 Å². The molecule has 0 aliphatic carbocycles. The molecule has 92 valence electrons. The zero-order chi connectivity index (χ0) is 12.5. The Morgan fingerprint density at radius 3 is 2.82 bits per heavy atom. The number of nitrogens with one attached hydrogen (secondary N) is 1. The van der Waals surface area contributed by atoms with Crippen molar-refractivity contribution in [1.82, 2.24) is 9.71 Å². The highest BCUT2D eigenvalue weighted by molar-refractivity contribution is 7.91. The Kier molecular flexibility index (Phi) is 3.53. The third kappa shape index (κ3) is 3.06. The first-order valence-electron chi connectivity index (χ1n) is 4.63. The second-order valence-corrected chi connectivity index (χ2v) is 6.95. The van der Waals surface area contributed by atoms with Crippen LogP contribution in [0.3, 0.4) is 0 Å². The molecule has 0 saturated heterocycles. The molecule has 2 aromatic heterocycles. The van der Waals surface area contributed by atoms with Gasteiger partial charge < -0.3 is 4.42 Å². The highest BCUT2D eigenvalue weighted by Gasteiger charge is 2.16. The lowest BCUT2D eigenvalue weighted by molar-refractivity contribution is 0.520. The van der Waals surface area contributed by atoms with Crippen molar-refractivity contribution in [1.29, 1.82) is 0 Å². The Balaban J connectivity index is 2.08. The maximum absolute atomic E-state index is 11.8. The van der Waals surface area contributed by atoms with E-state index in [1.54, 1.807) is 13.0 Å². The van der Waals surface area contributed by atoms with Gasteiger partial charge in [-0.15, -0.1) is 11.3 Å². The molecule has 0 amide bonds. The lowest BCUT2D eigenvalue weighted by Gasteiger charge is -2.01. The number of hydrogen-bond donors (Lipinski definition) is 1. The molecule has 0 spiro atoms. The average molecular weight is 293 g/mol. The zero-order valence-electron chi connectivity index (χ0n) is 8.81. The summed E-state index contributed by atoms with van der Waals surface area (Å²) in [5, 5.41) is 0. The molecule has 0 saturated carbocycles. The molecule has 1 N–H and O–H groups in total. The van der Waals surface area contributed by atoms with Gasteiger partial charge in [-0.1, -0.05) is 11.6 Å². The largest absolute Gasteiger partial charge is 0.449 e. The zero-order valence-corrected chi connectivity index (χ0v) is 11.2. The minimum atomic E-state index is -3.53. The van der Waals surface area contributed by atoms with Crippen molar-refractivity contribution in [3.8, 4) is 0 Å². The average Bonchev–Trinajstić information content (AvgIpc) is 2.85. The molecule has 2 heterocycles. The number of aromatic nitrogens is 1. The molecule has 0 aromatic carbocycles. The van der Waals surface area contributed by atoms with Crippen LogP contribution < -0.4 is 4.72 Å². The molecule has 0 aliphatic heterocycles. The molecule has 2 rings (SSSR count). The normalized spacial score (nSPS) is 11.9. The Bertz CT molecular complexity index is 618. The number of thiophene rings is 1. The summed E-state index contributed by atoms with van der Waals surface area (Å²) in [5.41, 5.74) is 0.536. The number of halogens is 1. The predicted molar refractivity (Wildman–Crippen MR) is 64.6 cm³/mol. The van der Waals surface area contributed by atoms with E-state index in [-0.39, 0.29) is 10.8 Å². The van der Waals surface area contributed by atoms with Crippen LogP contribution in [-0.2, 0) is 16.6 Å². The van der Waals surface area contributed by atoms with Crippen LogP contribution >= 0.6 is 22.9 Å². The van der Waals surface area contributed by atoms with E-state index in [0.717, 1.165) is 11.3 Å². The first-order valence-corrected chi connectivity index (χ1v) is 7.31. The van der Waals surface area contributed by atoms with Crippen LogP contribution in [0.4, 0.5) is 0 Å². The second-order valence-electron chi connectivity index (χ2n) is 3.24. The smallest absolute Gasteiger partial charge is 0.250 e. The van der Waals surface area contributed by atoms with Gasteiger partial charge in [0.05, 0.1) is 16.6 Å². The van der Waals surface area contributed by atoms with Crippen LogP contribution in [0.5, 0.6) is 0 Å². The number of aryl methyl sites for hydroxylation is 1. The van der Waals surface area contributed by atoms with Crippen molar-refractivity contribution in [2.24, 2.45) is 0 Å². The van der Waals surface area contributed by atoms with E-state index >= 15 is 0 Å². The van der Waals surface area contributed by atoms with Gasteiger partial charge in [0.15, 0.2) is 5.89 Å². The van der Waals surface area contributed by atoms with Crippen molar-refractivity contribution in [3.63, 3.8) is 0 Å². The van der Waals surface area contributed by atoms with Gasteiger partial charge in [0.1, 0.15) is 10.5 Å². The predicted octanol–water partition coefficient (Wildman–Crippen LogP) is 2.18. The quantitative estimate of drug-likeness (QED) is 0.937. The first-order chi connectivity index (χ1) is 7.97. The number of rotatable bonds is 4. The monoisotopic (exact) mass is 292 g/mol. The molecular weight excluding hydrogens is 284 g/mol. The van der Waals surface area contributed by atoms with Gasteiger partial charge >= 0.3 is 0 Å². The van der Waals surface area contributed by atoms with E-state index < -0.39 is 10.0 Å². The molecule has 0 radical (unpaired) electrons. The number of oxazole rings is 1. The summed E-state index contributed by atoms with van der Waals surface area (Å²) in [6.45, 7) is 1.78. The van der Waals surface area contributed by atoms with Crippen LogP contribution in [0.25, 0.3) is 0 Å². The summed E-state index contributed by atoms with van der Waals surface area (Å²) in [4.78, 5) is 4.00. The molecule has 0 fully saturated rings. The third-order valence-corrected chi connectivity index (χ3v) is 5.05. The topological polar surface area (TPSA) is 72.2 Å². The fourth-order valence-electron chi connectivity index (χ4n) is 1.17. The van der Waals surface area contributed by atoms with Gasteiger partial charge in [-0.05, 0) is 12.1 Å². The number of hydrogen-bond acceptors (Lipinski definition) is 5. The van der Waals surface area contributed by atoms with E-state index in [4.69, 9.17) is 16.0 Å². The molecule has 17 heavy (non-hydrogen) atoms. The van der Waals surface area contributed by atoms with Gasteiger partial charge in [-0.25, -0.2) is 18.1 Å². The minimum Gasteiger partial charge on any atom is -0.449 e. The van der Waals surface area contributed by atoms with Crippen LogP contribution in [0.1, 0.15) is 11.6 Å². The Morgan fingerprint density at radius 1 is 1.53 bits per heavy atom. The lowest BCUT2D eigenvalue weighted by atomic mass is 10.5. The van der Waals surface area contributed by atoms with Crippen LogP contribution in [0.15, 0.2) is 27.0 Å². The number of sulfonamides is 1. The highest BCUT2D eigenvalue weighted by Crippen LogP contribution is 2.25. The van der Waals surface area contributed by atoms with Crippen molar-refractivity contribution in [2.45, 2.75) is 17.7 Å². The van der Waals surface area contributed by atoms with E-state index in [9.17, 15) is 8.42 Å². The van der Waals surface area contributed by atoms with Gasteiger partial charge in [0, 0.05) is 6.92 Å². The van der Waals surface area contributed by atoms with Crippen molar-refractivity contribution in [3.05, 3.63) is 34.3 Å². The molecule has 2 aromatic rings. The summed E-state index contributed by atoms with van der Waals surface area (Å²) < 4.78 is 31.6. The second kappa shape index (κ2) is 4.77. The summed E-state index contributed by atoms with van der Waals surface area (Å²) in [6.07, 6.45) is 1.42. The molecule has 0 aliphatic rings. The SMILES string of the molecule is Cc1nc(CNS(=O)(=O)c2ccc(Cl)s2)co1. The van der Waals surface area contributed by atoms with Crippen molar-refractivity contribution < 1.29 is 12.8 Å². The summed E-state index contributed by atoms with van der Waals surface area (Å²) >= 11 is 6.69. The molecule has 8 heteroatoms. The lowest BCUT2D eigenvalue weighted by Crippen LogP contribution is -2.22. The fraction of sp³-hybridized carbons (Fsp3) is 0.222. The Labute approximate surface area is 107 Å². The van der Waals surface area contributed by atoms with E-state index in [0.29, 0.717) is 15.9 Å². The summed E-state index contributed by atoms with van der Waals surface area (Å²) in [7, 11) is -3.53. The minimum absolute atomic E-state index is 0.0925. The standard InChI is InChI=1S/C9H9ClN2O3S2/c1-6-12-7(5-15-6)4-11-17(13,14)9-3-2-8(10)16-9/h2-3,5,11H,4H2,1H3. The molecule has 0 bridgehead atoms. The van der Waals surface area contributed by atoms with Crippen molar-refractivity contribution in [2.75, 3.05) is 0 Å². The maximum atomic E-state index is 11.8. The summed E-state index contributed by atoms with van der Waals surface area (Å²) in [6, 6.07) is 3.00. The van der Waals surface area contributed by atoms with Gasteiger partial charge in [-0.2, -0.15) is 0 Å². The number of nitrogens with zero attached hydrogens (tertiary/aromatic N) is 1. The Hall–Kier alpha value is -0.890. The van der Waals surface area contributed by atoms with Crippen LogP contribution in [0.2, 0.25) is 4.34 Å². The van der Waals surface area contributed by atoms with Gasteiger partial charge in [0.25, 0.3) is 0 Å². The summed E-state index contributed by atoms with van der Waals surface area (Å²) in [5.74, 6) is 0.498. The molecular formula is C9H9ClN2O3S2. The fourth-order valence-corrected chi connectivity index (χ4v) is 3.70. The molecule has 0 atom stereocenters. The Morgan fingerprint density at radius 2 is 2.29 bits per heavy atom. The highest BCUT2D eigenvalue weighted by atomic mass is 35.5. The van der Waals surface area contributed by atoms with Gasteiger partial charge in [-0.3, -0.25) is 0 Å². The van der Waals surface area contributed by atoms with Crippen molar-refractivity contribution >= 4 is 33.0 Å². The maximum Gasteiger partial charge on any atom is 0.250 e. The molecule has 0 unspecified atom stereocenters. The van der Waals surface area contributed by atoms with Crippen LogP contribution in [0, 0.1) is 6.92 Å². The van der Waals surface area contributed by atoms with E-state index in [2.05, 4.69) is 9.71 Å². The third-order valence-electron chi connectivity index (χ3n) is 1.92. The van der Waals surface area contributed by atoms with E-state index in [1.807, 2.05) is 0 Å². The first kappa shape index (κ1) is 12.6. The van der Waals surface area contributed by atoms with Crippen LogP contribution in [-0.4, -0.2) is 13.4 Å².